The van der Waals surface area contributed by atoms with Gasteiger partial charge in [0.1, 0.15) is 17.8 Å². The molecule has 0 bridgehead atoms. The lowest BCUT2D eigenvalue weighted by molar-refractivity contribution is 0.333. The summed E-state index contributed by atoms with van der Waals surface area (Å²) in [4.78, 5) is 0. The van der Waals surface area contributed by atoms with Gasteiger partial charge in [0.15, 0.2) is 0 Å². The van der Waals surface area contributed by atoms with Crippen molar-refractivity contribution in [3.63, 3.8) is 0 Å². The highest BCUT2D eigenvalue weighted by Crippen LogP contribution is 2.33. The molecule has 2 atom stereocenters. The number of alkyl halides is 1. The van der Waals surface area contributed by atoms with Gasteiger partial charge in [-0.15, -0.1) is 0 Å². The molecule has 0 amide bonds. The Morgan fingerprint density at radius 3 is 2.44 bits per heavy atom. The van der Waals surface area contributed by atoms with Crippen molar-refractivity contribution in [3.05, 3.63) is 41.1 Å². The van der Waals surface area contributed by atoms with Gasteiger partial charge in [0, 0.05) is 36.8 Å². The van der Waals surface area contributed by atoms with Crippen LogP contribution in [0.1, 0.15) is 50.3 Å². The lowest BCUT2D eigenvalue weighted by Gasteiger charge is -2.14. The van der Waals surface area contributed by atoms with Gasteiger partial charge in [-0.2, -0.15) is 5.10 Å². The van der Waals surface area contributed by atoms with E-state index in [1.807, 2.05) is 13.8 Å². The van der Waals surface area contributed by atoms with E-state index >= 15 is 0 Å². The highest BCUT2D eigenvalue weighted by molar-refractivity contribution is 5.65. The van der Waals surface area contributed by atoms with E-state index in [2.05, 4.69) is 10.4 Å². The summed E-state index contributed by atoms with van der Waals surface area (Å²) in [6.07, 6.45) is 1.24. The van der Waals surface area contributed by atoms with Gasteiger partial charge in [0.05, 0.1) is 11.4 Å². The molecule has 1 heterocycles. The highest BCUT2D eigenvalue weighted by Gasteiger charge is 2.26. The van der Waals surface area contributed by atoms with E-state index in [0.29, 0.717) is 24.9 Å². The smallest absolute Gasteiger partial charge is 0.126 e. The molecule has 0 spiro atoms. The van der Waals surface area contributed by atoms with Crippen molar-refractivity contribution in [3.8, 4) is 11.3 Å². The van der Waals surface area contributed by atoms with Crippen molar-refractivity contribution >= 4 is 0 Å². The minimum Gasteiger partial charge on any atom is -0.308 e. The number of halogens is 3. The third-order valence-corrected chi connectivity index (χ3v) is 4.80. The van der Waals surface area contributed by atoms with E-state index in [-0.39, 0.29) is 12.0 Å². The summed E-state index contributed by atoms with van der Waals surface area (Å²) in [7, 11) is 1.78. The van der Waals surface area contributed by atoms with E-state index in [9.17, 15) is 13.2 Å². The summed E-state index contributed by atoms with van der Waals surface area (Å²) in [6.45, 7) is 4.59. The molecule has 0 aliphatic heterocycles. The summed E-state index contributed by atoms with van der Waals surface area (Å²) < 4.78 is 42.3. The van der Waals surface area contributed by atoms with Crippen LogP contribution in [0.15, 0.2) is 18.2 Å². The van der Waals surface area contributed by atoms with Crippen molar-refractivity contribution < 1.29 is 13.2 Å². The number of nitrogens with zero attached hydrogens (tertiary/aromatic N) is 2. The highest BCUT2D eigenvalue weighted by atomic mass is 19.1. The molecule has 3 rings (SSSR count). The zero-order valence-electron chi connectivity index (χ0n) is 14.8. The monoisotopic (exact) mass is 351 g/mol. The van der Waals surface area contributed by atoms with Gasteiger partial charge < -0.3 is 5.32 Å². The Morgan fingerprint density at radius 1 is 1.20 bits per heavy atom. The first-order chi connectivity index (χ1) is 11.8. The largest absolute Gasteiger partial charge is 0.308 e. The number of hydrogen-bond acceptors (Lipinski definition) is 2. The average Bonchev–Trinajstić information content (AvgIpc) is 3.07. The lowest BCUT2D eigenvalue weighted by Crippen LogP contribution is -2.26. The summed E-state index contributed by atoms with van der Waals surface area (Å²) in [5.41, 5.74) is 3.02. The molecule has 1 N–H and O–H groups in total. The normalized spacial score (nSPS) is 20.6. The predicted octanol–water partition coefficient (Wildman–Crippen LogP) is 4.47. The number of rotatable bonds is 5. The Hall–Kier alpha value is -1.82. The molecule has 0 unspecified atom stereocenters. The molecule has 1 aromatic heterocycles. The molecule has 3 nitrogen and oxygen atoms in total. The summed E-state index contributed by atoms with van der Waals surface area (Å²) in [5.74, 6) is -1.07. The molecule has 2 aromatic rings. The van der Waals surface area contributed by atoms with Crippen LogP contribution in [0.5, 0.6) is 0 Å². The molecular formula is C19H24F3N3. The number of hydrogen-bond donors (Lipinski definition) is 1. The van der Waals surface area contributed by atoms with Gasteiger partial charge in [-0.25, -0.2) is 13.2 Å². The van der Waals surface area contributed by atoms with Gasteiger partial charge >= 0.3 is 0 Å². The Labute approximate surface area is 146 Å². The maximum absolute atomic E-state index is 13.7. The maximum Gasteiger partial charge on any atom is 0.126 e. The Morgan fingerprint density at radius 2 is 1.88 bits per heavy atom. The molecule has 6 heteroatoms. The lowest BCUT2D eigenvalue weighted by atomic mass is 9.96. The van der Waals surface area contributed by atoms with Crippen LogP contribution >= 0.6 is 0 Å². The third-order valence-electron chi connectivity index (χ3n) is 4.80. The fourth-order valence-electron chi connectivity index (χ4n) is 3.72. The number of nitrogens with one attached hydrogen (secondary N) is 1. The minimum absolute atomic E-state index is 0.143. The Balaban J connectivity index is 1.92. The quantitative estimate of drug-likeness (QED) is 0.861. The Kier molecular flexibility index (Phi) is 5.18. The van der Waals surface area contributed by atoms with E-state index < -0.39 is 17.8 Å². The molecule has 1 saturated carbocycles. The third kappa shape index (κ3) is 3.89. The standard InChI is InChI=1S/C19H24F3N3/c1-11(2)18-17(10-23-16-5-4-13(20)9-16)24-25(3)19(18)12-6-14(21)8-15(22)7-12/h6-8,11,13,16,23H,4-5,9-10H2,1-3H3/t13-,16+/m1/s1. The maximum atomic E-state index is 13.7. The zero-order valence-corrected chi connectivity index (χ0v) is 14.8. The molecule has 1 aliphatic rings. The van der Waals surface area contributed by atoms with E-state index in [4.69, 9.17) is 0 Å². The van der Waals surface area contributed by atoms with Crippen LogP contribution in [0.2, 0.25) is 0 Å². The molecule has 0 radical (unpaired) electrons. The molecule has 1 fully saturated rings. The summed E-state index contributed by atoms with van der Waals surface area (Å²) >= 11 is 0. The van der Waals surface area contributed by atoms with Crippen LogP contribution in [0.3, 0.4) is 0 Å². The second kappa shape index (κ2) is 7.20. The van der Waals surface area contributed by atoms with E-state index in [0.717, 1.165) is 29.4 Å². The predicted molar refractivity (Wildman–Crippen MR) is 92.0 cm³/mol. The first-order valence-electron chi connectivity index (χ1n) is 8.74. The van der Waals surface area contributed by atoms with Crippen molar-refractivity contribution in [1.29, 1.82) is 0 Å². The first-order valence-corrected chi connectivity index (χ1v) is 8.74. The Bertz CT molecular complexity index is 734. The van der Waals surface area contributed by atoms with Crippen molar-refractivity contribution in [1.82, 2.24) is 15.1 Å². The fourth-order valence-corrected chi connectivity index (χ4v) is 3.72. The molecule has 25 heavy (non-hydrogen) atoms. The average molecular weight is 351 g/mol. The molecule has 1 aliphatic carbocycles. The van der Waals surface area contributed by atoms with Crippen molar-refractivity contribution in [2.24, 2.45) is 7.05 Å². The van der Waals surface area contributed by atoms with Crippen molar-refractivity contribution in [2.45, 2.75) is 57.8 Å². The fraction of sp³-hybridized carbons (Fsp3) is 0.526. The topological polar surface area (TPSA) is 29.9 Å². The van der Waals surface area contributed by atoms with Crippen LogP contribution in [0.25, 0.3) is 11.3 Å². The van der Waals surface area contributed by atoms with Crippen molar-refractivity contribution in [2.75, 3.05) is 0 Å². The number of aryl methyl sites for hydroxylation is 1. The molecule has 1 aromatic carbocycles. The second-order valence-corrected chi connectivity index (χ2v) is 7.13. The van der Waals surface area contributed by atoms with Crippen LogP contribution in [0.4, 0.5) is 13.2 Å². The van der Waals surface area contributed by atoms with Crippen LogP contribution in [0, 0.1) is 11.6 Å². The van der Waals surface area contributed by atoms with Crippen LogP contribution < -0.4 is 5.32 Å². The zero-order chi connectivity index (χ0) is 18.1. The summed E-state index contributed by atoms with van der Waals surface area (Å²) in [6, 6.07) is 3.68. The SMILES string of the molecule is CC(C)c1c(CN[C@H]2CC[C@@H](F)C2)nn(C)c1-c1cc(F)cc(F)c1. The summed E-state index contributed by atoms with van der Waals surface area (Å²) in [5, 5.41) is 7.94. The molecule has 136 valence electrons. The minimum atomic E-state index is -0.725. The van der Waals surface area contributed by atoms with Gasteiger partial charge in [-0.3, -0.25) is 4.68 Å². The van der Waals surface area contributed by atoms with Crippen LogP contribution in [-0.4, -0.2) is 22.0 Å². The number of aromatic nitrogens is 2. The second-order valence-electron chi connectivity index (χ2n) is 7.13. The molecular weight excluding hydrogens is 327 g/mol. The number of benzene rings is 1. The van der Waals surface area contributed by atoms with Crippen LogP contribution in [-0.2, 0) is 13.6 Å². The first kappa shape index (κ1) is 18.0. The van der Waals surface area contributed by atoms with E-state index in [1.165, 1.54) is 12.1 Å². The van der Waals surface area contributed by atoms with Gasteiger partial charge in [0.2, 0.25) is 0 Å². The van der Waals surface area contributed by atoms with Gasteiger partial charge in [-0.1, -0.05) is 13.8 Å². The van der Waals surface area contributed by atoms with Gasteiger partial charge in [0.25, 0.3) is 0 Å². The van der Waals surface area contributed by atoms with E-state index in [1.54, 1.807) is 11.7 Å². The van der Waals surface area contributed by atoms with Gasteiger partial charge in [-0.05, 0) is 37.3 Å². The molecule has 0 saturated heterocycles.